The summed E-state index contributed by atoms with van der Waals surface area (Å²) < 4.78 is 0. The van der Waals surface area contributed by atoms with E-state index in [9.17, 15) is 5.11 Å². The van der Waals surface area contributed by atoms with Crippen LogP contribution >= 0.6 is 0 Å². The Labute approximate surface area is 77.6 Å². The molecule has 0 aromatic heterocycles. The Morgan fingerprint density at radius 1 is 1.46 bits per heavy atom. The molecule has 0 atom stereocenters. The van der Waals surface area contributed by atoms with Gasteiger partial charge in [-0.05, 0) is 23.6 Å². The highest BCUT2D eigenvalue weighted by molar-refractivity contribution is 5.66. The van der Waals surface area contributed by atoms with Crippen molar-refractivity contribution in [1.82, 2.24) is 0 Å². The standard InChI is InChI=1S/C10H12N2O/c1-6(2)8-4-7(12-3)5-9(11)10(8)13/h4-6,13H,11H2,1-2H3. The fourth-order valence-electron chi connectivity index (χ4n) is 1.17. The predicted molar refractivity (Wildman–Crippen MR) is 52.9 cm³/mol. The molecule has 0 heterocycles. The van der Waals surface area contributed by atoms with Crippen LogP contribution < -0.4 is 5.73 Å². The fourth-order valence-corrected chi connectivity index (χ4v) is 1.17. The highest BCUT2D eigenvalue weighted by Gasteiger charge is 2.10. The highest BCUT2D eigenvalue weighted by Crippen LogP contribution is 2.34. The van der Waals surface area contributed by atoms with Gasteiger partial charge >= 0.3 is 0 Å². The van der Waals surface area contributed by atoms with Crippen LogP contribution in [0.4, 0.5) is 11.4 Å². The van der Waals surface area contributed by atoms with Gasteiger partial charge in [0.05, 0.1) is 12.3 Å². The third-order valence-corrected chi connectivity index (χ3v) is 1.90. The lowest BCUT2D eigenvalue weighted by atomic mass is 10.0. The third-order valence-electron chi connectivity index (χ3n) is 1.90. The minimum absolute atomic E-state index is 0.0994. The number of phenolic OH excluding ortho intramolecular Hbond substituents is 1. The largest absolute Gasteiger partial charge is 0.506 e. The van der Waals surface area contributed by atoms with Crippen molar-refractivity contribution in [2.75, 3.05) is 5.73 Å². The van der Waals surface area contributed by atoms with Crippen LogP contribution in [0.15, 0.2) is 12.1 Å². The predicted octanol–water partition coefficient (Wildman–Crippen LogP) is 2.65. The molecule has 3 N–H and O–H groups in total. The molecule has 0 saturated heterocycles. The Morgan fingerprint density at radius 3 is 2.54 bits per heavy atom. The van der Waals surface area contributed by atoms with Crippen LogP contribution in [0.25, 0.3) is 4.85 Å². The van der Waals surface area contributed by atoms with E-state index in [-0.39, 0.29) is 17.4 Å². The summed E-state index contributed by atoms with van der Waals surface area (Å²) in [5, 5.41) is 9.56. The number of hydrogen-bond acceptors (Lipinski definition) is 2. The number of phenols is 1. The zero-order chi connectivity index (χ0) is 10.0. The molecule has 0 aliphatic heterocycles. The molecule has 68 valence electrons. The summed E-state index contributed by atoms with van der Waals surface area (Å²) in [5.74, 6) is 0.270. The summed E-state index contributed by atoms with van der Waals surface area (Å²) in [5.41, 5.74) is 7.02. The minimum atomic E-state index is 0.0994. The van der Waals surface area contributed by atoms with Crippen molar-refractivity contribution in [2.45, 2.75) is 19.8 Å². The summed E-state index contributed by atoms with van der Waals surface area (Å²) in [4.78, 5) is 3.27. The van der Waals surface area contributed by atoms with Crippen molar-refractivity contribution < 1.29 is 5.11 Å². The number of nitrogens with two attached hydrogens (primary N) is 1. The van der Waals surface area contributed by atoms with E-state index in [0.717, 1.165) is 5.56 Å². The van der Waals surface area contributed by atoms with Gasteiger partial charge in [0.25, 0.3) is 0 Å². The second-order valence-electron chi connectivity index (χ2n) is 3.24. The molecule has 3 nitrogen and oxygen atoms in total. The molecule has 0 unspecified atom stereocenters. The molecule has 1 rings (SSSR count). The maximum Gasteiger partial charge on any atom is 0.189 e. The SMILES string of the molecule is [C-]#[N+]c1cc(N)c(O)c(C(C)C)c1. The first-order valence-corrected chi connectivity index (χ1v) is 4.06. The van der Waals surface area contributed by atoms with Gasteiger partial charge in [0.2, 0.25) is 0 Å². The van der Waals surface area contributed by atoms with Gasteiger partial charge in [-0.1, -0.05) is 13.8 Å². The van der Waals surface area contributed by atoms with Gasteiger partial charge in [0.1, 0.15) is 5.75 Å². The van der Waals surface area contributed by atoms with E-state index in [1.54, 1.807) is 6.07 Å². The third kappa shape index (κ3) is 1.73. The van der Waals surface area contributed by atoms with Crippen molar-refractivity contribution in [3.8, 4) is 5.75 Å². The lowest BCUT2D eigenvalue weighted by Crippen LogP contribution is -1.92. The summed E-state index contributed by atoms with van der Waals surface area (Å²) >= 11 is 0. The van der Waals surface area contributed by atoms with Gasteiger partial charge in [-0.15, -0.1) is 0 Å². The smallest absolute Gasteiger partial charge is 0.189 e. The summed E-state index contributed by atoms with van der Waals surface area (Å²) in [6.45, 7) is 10.7. The first-order valence-electron chi connectivity index (χ1n) is 4.06. The van der Waals surface area contributed by atoms with Gasteiger partial charge in [0, 0.05) is 0 Å². The van der Waals surface area contributed by atoms with E-state index in [2.05, 4.69) is 4.85 Å². The topological polar surface area (TPSA) is 50.6 Å². The fraction of sp³-hybridized carbons (Fsp3) is 0.300. The Kier molecular flexibility index (Phi) is 2.43. The van der Waals surface area contributed by atoms with Gasteiger partial charge < -0.3 is 10.8 Å². The van der Waals surface area contributed by atoms with Crippen LogP contribution in [0.3, 0.4) is 0 Å². The number of benzene rings is 1. The number of nitrogen functional groups attached to an aromatic ring is 1. The van der Waals surface area contributed by atoms with Crippen molar-refractivity contribution in [1.29, 1.82) is 0 Å². The molecule has 0 radical (unpaired) electrons. The van der Waals surface area contributed by atoms with Crippen LogP contribution in [0.2, 0.25) is 0 Å². The summed E-state index contributed by atoms with van der Waals surface area (Å²) in [6, 6.07) is 3.15. The van der Waals surface area contributed by atoms with Gasteiger partial charge in [-0.25, -0.2) is 4.85 Å². The minimum Gasteiger partial charge on any atom is -0.506 e. The quantitative estimate of drug-likeness (QED) is 0.392. The molecule has 1 aromatic rings. The number of nitrogens with zero attached hydrogens (tertiary/aromatic N) is 1. The maximum atomic E-state index is 9.56. The summed E-state index contributed by atoms with van der Waals surface area (Å²) in [6.07, 6.45) is 0. The maximum absolute atomic E-state index is 9.56. The Balaban J connectivity index is 3.35. The Morgan fingerprint density at radius 2 is 2.08 bits per heavy atom. The zero-order valence-corrected chi connectivity index (χ0v) is 7.70. The van der Waals surface area contributed by atoms with E-state index >= 15 is 0 Å². The van der Waals surface area contributed by atoms with Crippen LogP contribution in [-0.2, 0) is 0 Å². The first-order chi connectivity index (χ1) is 6.06. The molecular formula is C10H12N2O. The molecular weight excluding hydrogens is 164 g/mol. The van der Waals surface area contributed by atoms with Crippen molar-refractivity contribution in [2.24, 2.45) is 0 Å². The van der Waals surface area contributed by atoms with E-state index in [4.69, 9.17) is 12.3 Å². The average molecular weight is 176 g/mol. The first kappa shape index (κ1) is 9.40. The normalized spacial score (nSPS) is 10.0. The second kappa shape index (κ2) is 3.36. The average Bonchev–Trinajstić information content (AvgIpc) is 2.09. The number of rotatable bonds is 1. The van der Waals surface area contributed by atoms with Crippen LogP contribution in [0.1, 0.15) is 25.3 Å². The number of hydrogen-bond donors (Lipinski definition) is 2. The lowest BCUT2D eigenvalue weighted by molar-refractivity contribution is 0.468. The van der Waals surface area contributed by atoms with Gasteiger partial charge in [0.15, 0.2) is 5.69 Å². The molecule has 13 heavy (non-hydrogen) atoms. The second-order valence-corrected chi connectivity index (χ2v) is 3.24. The molecule has 1 aromatic carbocycles. The van der Waals surface area contributed by atoms with Crippen molar-refractivity contribution in [3.63, 3.8) is 0 Å². The van der Waals surface area contributed by atoms with E-state index in [1.807, 2.05) is 13.8 Å². The van der Waals surface area contributed by atoms with E-state index in [0.29, 0.717) is 5.69 Å². The molecule has 0 aliphatic rings. The summed E-state index contributed by atoms with van der Waals surface area (Å²) in [7, 11) is 0. The number of anilines is 1. The van der Waals surface area contributed by atoms with Crippen LogP contribution in [-0.4, -0.2) is 5.11 Å². The Hall–Kier alpha value is -1.69. The van der Waals surface area contributed by atoms with Crippen molar-refractivity contribution >= 4 is 11.4 Å². The Bertz CT molecular complexity index is 364. The molecule has 0 amide bonds. The zero-order valence-electron chi connectivity index (χ0n) is 7.70. The van der Waals surface area contributed by atoms with E-state index in [1.165, 1.54) is 6.07 Å². The van der Waals surface area contributed by atoms with Crippen molar-refractivity contribution in [3.05, 3.63) is 29.1 Å². The molecule has 0 saturated carbocycles. The van der Waals surface area contributed by atoms with Crippen LogP contribution in [0, 0.1) is 6.57 Å². The number of aromatic hydroxyl groups is 1. The molecule has 3 heteroatoms. The molecule has 0 aliphatic carbocycles. The highest BCUT2D eigenvalue weighted by atomic mass is 16.3. The lowest BCUT2D eigenvalue weighted by Gasteiger charge is -2.10. The molecule has 0 spiro atoms. The van der Waals surface area contributed by atoms with Gasteiger partial charge in [-0.3, -0.25) is 0 Å². The van der Waals surface area contributed by atoms with Gasteiger partial charge in [-0.2, -0.15) is 0 Å². The monoisotopic (exact) mass is 176 g/mol. The molecule has 0 fully saturated rings. The van der Waals surface area contributed by atoms with E-state index < -0.39 is 0 Å². The van der Waals surface area contributed by atoms with Crippen LogP contribution in [0.5, 0.6) is 5.75 Å². The molecule has 0 bridgehead atoms.